The van der Waals surface area contributed by atoms with Crippen molar-refractivity contribution in [1.82, 2.24) is 24.5 Å². The highest BCUT2D eigenvalue weighted by atomic mass is 16.3. The Hall–Kier alpha value is -0.480. The summed E-state index contributed by atoms with van der Waals surface area (Å²) < 4.78 is 0. The van der Waals surface area contributed by atoms with E-state index in [4.69, 9.17) is 0 Å². The lowest BCUT2D eigenvalue weighted by Crippen LogP contribution is -2.53. The zero-order chi connectivity index (χ0) is 33.9. The number of nitrogens with zero attached hydrogens (tertiary/aromatic N) is 5. The van der Waals surface area contributed by atoms with E-state index < -0.39 is 0 Å². The summed E-state index contributed by atoms with van der Waals surface area (Å²) in [5.74, 6) is 0. The van der Waals surface area contributed by atoms with Crippen LogP contribution < -0.4 is 0 Å². The molecule has 12 heteroatoms. The molecule has 0 spiro atoms. The zero-order valence-electron chi connectivity index (χ0n) is 29.4. The SMILES string of the molecule is CC(CN(CCCO)C(C)CN(CCCO)C(C)CN(CCCO)C(C)CN(CCCO)CCCO)N(CCCO)CCCO. The van der Waals surface area contributed by atoms with E-state index in [0.717, 1.165) is 72.0 Å². The van der Waals surface area contributed by atoms with Gasteiger partial charge < -0.3 is 40.6 Å². The van der Waals surface area contributed by atoms with E-state index in [0.29, 0.717) is 44.9 Å². The third kappa shape index (κ3) is 21.2. The minimum absolute atomic E-state index is 0.128. The average Bonchev–Trinajstić information content (AvgIpc) is 3.03. The van der Waals surface area contributed by atoms with Crippen LogP contribution in [0.25, 0.3) is 0 Å². The summed E-state index contributed by atoms with van der Waals surface area (Å²) in [6, 6.07) is 0.848. The molecule has 0 aromatic rings. The largest absolute Gasteiger partial charge is 0.396 e. The molecule has 0 aromatic heterocycles. The van der Waals surface area contributed by atoms with Crippen LogP contribution in [0.3, 0.4) is 0 Å². The van der Waals surface area contributed by atoms with Crippen LogP contribution in [0.15, 0.2) is 0 Å². The molecule has 0 bridgehead atoms. The van der Waals surface area contributed by atoms with Crippen molar-refractivity contribution >= 4 is 0 Å². The van der Waals surface area contributed by atoms with Crippen molar-refractivity contribution in [3.05, 3.63) is 0 Å². The molecule has 272 valence electrons. The van der Waals surface area contributed by atoms with Gasteiger partial charge in [-0.3, -0.25) is 19.6 Å². The third-order valence-electron chi connectivity index (χ3n) is 8.79. The Morgan fingerprint density at radius 3 is 0.822 bits per heavy atom. The van der Waals surface area contributed by atoms with E-state index in [9.17, 15) is 35.7 Å². The fourth-order valence-electron chi connectivity index (χ4n) is 6.13. The van der Waals surface area contributed by atoms with E-state index >= 15 is 0 Å². The van der Waals surface area contributed by atoms with Gasteiger partial charge in [0.25, 0.3) is 0 Å². The molecule has 0 amide bonds. The number of hydrogen-bond donors (Lipinski definition) is 7. The molecule has 4 unspecified atom stereocenters. The monoisotopic (exact) mass is 652 g/mol. The normalized spacial score (nSPS) is 15.2. The zero-order valence-corrected chi connectivity index (χ0v) is 29.4. The van der Waals surface area contributed by atoms with Crippen molar-refractivity contribution in [3.63, 3.8) is 0 Å². The maximum absolute atomic E-state index is 9.72. The van der Waals surface area contributed by atoms with Crippen molar-refractivity contribution in [2.45, 2.75) is 96.8 Å². The molecular weight excluding hydrogens is 578 g/mol. The second-order valence-corrected chi connectivity index (χ2v) is 12.8. The summed E-state index contributed by atoms with van der Waals surface area (Å²) in [4.78, 5) is 12.0. The molecule has 0 fully saturated rings. The van der Waals surface area contributed by atoms with E-state index in [2.05, 4.69) is 52.2 Å². The predicted molar refractivity (Wildman–Crippen MR) is 182 cm³/mol. The second-order valence-electron chi connectivity index (χ2n) is 12.8. The number of rotatable bonds is 33. The third-order valence-corrected chi connectivity index (χ3v) is 8.79. The molecule has 0 aliphatic carbocycles. The van der Waals surface area contributed by atoms with Gasteiger partial charge in [-0.05, 0) is 72.6 Å². The van der Waals surface area contributed by atoms with Crippen molar-refractivity contribution in [2.75, 3.05) is 118 Å². The summed E-state index contributed by atoms with van der Waals surface area (Å²) >= 11 is 0. The first-order valence-corrected chi connectivity index (χ1v) is 17.7. The highest BCUT2D eigenvalue weighted by molar-refractivity contribution is 4.83. The summed E-state index contributed by atoms with van der Waals surface area (Å²) in [5, 5.41) is 66.6. The van der Waals surface area contributed by atoms with E-state index in [1.54, 1.807) is 0 Å². The Morgan fingerprint density at radius 2 is 0.533 bits per heavy atom. The molecule has 0 saturated heterocycles. The summed E-state index contributed by atoms with van der Waals surface area (Å²) in [7, 11) is 0. The van der Waals surface area contributed by atoms with Gasteiger partial charge in [-0.2, -0.15) is 0 Å². The maximum Gasteiger partial charge on any atom is 0.0443 e. The van der Waals surface area contributed by atoms with Gasteiger partial charge in [0, 0.05) is 142 Å². The highest BCUT2D eigenvalue weighted by Gasteiger charge is 2.26. The van der Waals surface area contributed by atoms with Crippen LogP contribution in [-0.2, 0) is 0 Å². The minimum atomic E-state index is 0.128. The number of aliphatic hydroxyl groups excluding tert-OH is 7. The minimum Gasteiger partial charge on any atom is -0.396 e. The number of hydrogen-bond acceptors (Lipinski definition) is 12. The quantitative estimate of drug-likeness (QED) is 0.0499. The molecule has 0 aromatic carbocycles. The van der Waals surface area contributed by atoms with Crippen LogP contribution >= 0.6 is 0 Å². The fourth-order valence-corrected chi connectivity index (χ4v) is 6.13. The Kier molecular flexibility index (Phi) is 29.3. The Morgan fingerprint density at radius 1 is 0.311 bits per heavy atom. The van der Waals surface area contributed by atoms with Crippen LogP contribution in [0.4, 0.5) is 0 Å². The van der Waals surface area contributed by atoms with Crippen LogP contribution in [0, 0.1) is 0 Å². The van der Waals surface area contributed by atoms with Crippen LogP contribution in [-0.4, -0.2) is 203 Å². The lowest BCUT2D eigenvalue weighted by molar-refractivity contribution is 0.0582. The first kappa shape index (κ1) is 44.5. The molecular formula is C33H73N5O7. The smallest absolute Gasteiger partial charge is 0.0443 e. The summed E-state index contributed by atoms with van der Waals surface area (Å²) in [6.45, 7) is 18.6. The van der Waals surface area contributed by atoms with Gasteiger partial charge in [0.15, 0.2) is 0 Å². The molecule has 0 aliphatic rings. The predicted octanol–water partition coefficient (Wildman–Crippen LogP) is -0.273. The van der Waals surface area contributed by atoms with Gasteiger partial charge >= 0.3 is 0 Å². The van der Waals surface area contributed by atoms with Gasteiger partial charge in [0.2, 0.25) is 0 Å². The fraction of sp³-hybridized carbons (Fsp3) is 1.00. The van der Waals surface area contributed by atoms with Crippen LogP contribution in [0.1, 0.15) is 72.6 Å². The van der Waals surface area contributed by atoms with E-state index in [1.807, 2.05) is 0 Å². The van der Waals surface area contributed by atoms with Gasteiger partial charge in [0.05, 0.1) is 0 Å². The lowest BCUT2D eigenvalue weighted by Gasteiger charge is -2.41. The van der Waals surface area contributed by atoms with Crippen LogP contribution in [0.2, 0.25) is 0 Å². The molecule has 7 N–H and O–H groups in total. The van der Waals surface area contributed by atoms with Gasteiger partial charge in [-0.1, -0.05) is 0 Å². The molecule has 0 heterocycles. The molecule has 0 aliphatic heterocycles. The lowest BCUT2D eigenvalue weighted by atomic mass is 10.1. The summed E-state index contributed by atoms with van der Waals surface area (Å²) in [6.07, 6.45) is 4.84. The van der Waals surface area contributed by atoms with Crippen molar-refractivity contribution in [1.29, 1.82) is 0 Å². The Bertz CT molecular complexity index is 626. The van der Waals surface area contributed by atoms with Gasteiger partial charge in [-0.25, -0.2) is 0 Å². The maximum atomic E-state index is 9.72. The second kappa shape index (κ2) is 29.6. The van der Waals surface area contributed by atoms with Crippen LogP contribution in [0.5, 0.6) is 0 Å². The highest BCUT2D eigenvalue weighted by Crippen LogP contribution is 2.14. The Labute approximate surface area is 275 Å². The van der Waals surface area contributed by atoms with E-state index in [-0.39, 0.29) is 70.4 Å². The van der Waals surface area contributed by atoms with Gasteiger partial charge in [0.1, 0.15) is 0 Å². The number of aliphatic hydroxyl groups is 7. The van der Waals surface area contributed by atoms with E-state index in [1.165, 1.54) is 0 Å². The molecule has 0 rings (SSSR count). The van der Waals surface area contributed by atoms with Crippen molar-refractivity contribution < 1.29 is 35.7 Å². The first-order valence-electron chi connectivity index (χ1n) is 17.7. The Balaban J connectivity index is 5.75. The van der Waals surface area contributed by atoms with Gasteiger partial charge in [-0.15, -0.1) is 0 Å². The average molecular weight is 652 g/mol. The molecule has 45 heavy (non-hydrogen) atoms. The summed E-state index contributed by atoms with van der Waals surface area (Å²) in [5.41, 5.74) is 0. The standard InChI is InChI=1S/C33H73N5O7/c1-30(26-34(12-5-19-39)13-6-20-40)36(16-9-23-43)28-32(3)38(18-11-25-45)29-33(4)37(17-10-24-44)27-31(2)35(14-7-21-41)15-8-22-42/h30-33,39-45H,5-29H2,1-4H3. The van der Waals surface area contributed by atoms with Crippen molar-refractivity contribution in [2.24, 2.45) is 0 Å². The molecule has 0 saturated carbocycles. The molecule has 4 atom stereocenters. The topological polar surface area (TPSA) is 158 Å². The first-order chi connectivity index (χ1) is 21.7. The molecule has 12 nitrogen and oxygen atoms in total. The molecule has 0 radical (unpaired) electrons. The van der Waals surface area contributed by atoms with Crippen molar-refractivity contribution in [3.8, 4) is 0 Å².